The molecule has 0 aromatic rings. The van der Waals surface area contributed by atoms with Gasteiger partial charge in [-0.2, -0.15) is 0 Å². The summed E-state index contributed by atoms with van der Waals surface area (Å²) in [6.45, 7) is 20.1. The minimum Gasteiger partial charge on any atom is -0.376 e. The van der Waals surface area contributed by atoms with Gasteiger partial charge in [0, 0.05) is 19.7 Å². The Hall–Kier alpha value is -0.120. The summed E-state index contributed by atoms with van der Waals surface area (Å²) in [5.74, 6) is 2.48. The standard InChI is InChI=1S/C21H41NO2/c1-16-14-22(10-8-18(16)9-11-23-20(2,3)4)15-17-12-19(13-17)24-21(5,6)7/h16-19H,8-15H2,1-7H3/t16-,17?,18+,19?/m0/s1. The van der Waals surface area contributed by atoms with E-state index in [2.05, 4.69) is 53.4 Å². The molecular weight excluding hydrogens is 298 g/mol. The summed E-state index contributed by atoms with van der Waals surface area (Å²) < 4.78 is 12.0. The monoisotopic (exact) mass is 339 g/mol. The van der Waals surface area contributed by atoms with E-state index >= 15 is 0 Å². The van der Waals surface area contributed by atoms with Crippen LogP contribution in [0, 0.1) is 17.8 Å². The molecule has 24 heavy (non-hydrogen) atoms. The predicted molar refractivity (Wildman–Crippen MR) is 101 cm³/mol. The molecule has 0 aromatic carbocycles. The van der Waals surface area contributed by atoms with Crippen molar-refractivity contribution in [3.05, 3.63) is 0 Å². The lowest BCUT2D eigenvalue weighted by Crippen LogP contribution is -2.46. The number of piperidine rings is 1. The smallest absolute Gasteiger partial charge is 0.0602 e. The van der Waals surface area contributed by atoms with E-state index in [0.717, 1.165) is 24.4 Å². The molecule has 142 valence electrons. The first-order chi connectivity index (χ1) is 11.0. The van der Waals surface area contributed by atoms with E-state index in [1.54, 1.807) is 0 Å². The zero-order chi connectivity index (χ0) is 18.0. The minimum absolute atomic E-state index is 0.000169. The average molecular weight is 340 g/mol. The lowest BCUT2D eigenvalue weighted by molar-refractivity contribution is -0.116. The highest BCUT2D eigenvalue weighted by Gasteiger charge is 2.35. The van der Waals surface area contributed by atoms with Gasteiger partial charge in [-0.15, -0.1) is 0 Å². The quantitative estimate of drug-likeness (QED) is 0.697. The van der Waals surface area contributed by atoms with Crippen molar-refractivity contribution in [3.8, 4) is 0 Å². The maximum Gasteiger partial charge on any atom is 0.0602 e. The Bertz CT molecular complexity index is 376. The first-order valence-corrected chi connectivity index (χ1v) is 10.1. The van der Waals surface area contributed by atoms with Crippen molar-refractivity contribution in [3.63, 3.8) is 0 Å². The van der Waals surface area contributed by atoms with Crippen LogP contribution in [0.15, 0.2) is 0 Å². The second-order valence-electron chi connectivity index (χ2n) is 10.2. The molecule has 0 aromatic heterocycles. The van der Waals surface area contributed by atoms with Crippen molar-refractivity contribution in [2.24, 2.45) is 17.8 Å². The predicted octanol–water partition coefficient (Wildman–Crippen LogP) is 4.74. The van der Waals surface area contributed by atoms with Crippen LogP contribution in [0.5, 0.6) is 0 Å². The van der Waals surface area contributed by atoms with Crippen molar-refractivity contribution in [2.45, 2.75) is 91.5 Å². The Morgan fingerprint density at radius 1 is 1.00 bits per heavy atom. The minimum atomic E-state index is -0.000169. The van der Waals surface area contributed by atoms with Gasteiger partial charge in [-0.05, 0) is 91.5 Å². The molecule has 3 heteroatoms. The molecule has 2 fully saturated rings. The van der Waals surface area contributed by atoms with Gasteiger partial charge < -0.3 is 14.4 Å². The summed E-state index contributed by atoms with van der Waals surface area (Å²) in [6.07, 6.45) is 5.57. The van der Waals surface area contributed by atoms with E-state index in [9.17, 15) is 0 Å². The van der Waals surface area contributed by atoms with Gasteiger partial charge in [-0.25, -0.2) is 0 Å². The van der Waals surface area contributed by atoms with Gasteiger partial charge in [-0.3, -0.25) is 0 Å². The Kier molecular flexibility index (Phi) is 6.78. The Labute approximate surface area is 150 Å². The first kappa shape index (κ1) is 20.2. The fourth-order valence-corrected chi connectivity index (χ4v) is 4.18. The van der Waals surface area contributed by atoms with Crippen LogP contribution in [-0.2, 0) is 9.47 Å². The van der Waals surface area contributed by atoms with Crippen LogP contribution < -0.4 is 0 Å². The van der Waals surface area contributed by atoms with Gasteiger partial charge in [0.25, 0.3) is 0 Å². The van der Waals surface area contributed by atoms with E-state index in [1.165, 1.54) is 45.3 Å². The van der Waals surface area contributed by atoms with Crippen LogP contribution in [0.2, 0.25) is 0 Å². The zero-order valence-corrected chi connectivity index (χ0v) is 17.2. The molecule has 2 rings (SSSR count). The zero-order valence-electron chi connectivity index (χ0n) is 17.2. The van der Waals surface area contributed by atoms with Gasteiger partial charge in [0.2, 0.25) is 0 Å². The lowest BCUT2D eigenvalue weighted by atomic mass is 9.79. The third-order valence-corrected chi connectivity index (χ3v) is 5.42. The maximum absolute atomic E-state index is 6.07. The topological polar surface area (TPSA) is 21.7 Å². The van der Waals surface area contributed by atoms with E-state index in [0.29, 0.717) is 6.10 Å². The SMILES string of the molecule is C[C@H]1CN(CC2CC(OC(C)(C)C)C2)CC[C@@H]1CCOC(C)(C)C. The fraction of sp³-hybridized carbons (Fsp3) is 1.00. The summed E-state index contributed by atoms with van der Waals surface area (Å²) in [7, 11) is 0. The second kappa shape index (κ2) is 8.05. The van der Waals surface area contributed by atoms with E-state index < -0.39 is 0 Å². The Balaban J connectivity index is 1.62. The van der Waals surface area contributed by atoms with Gasteiger partial charge in [0.05, 0.1) is 17.3 Å². The molecule has 2 atom stereocenters. The van der Waals surface area contributed by atoms with Crippen molar-refractivity contribution in [2.75, 3.05) is 26.2 Å². The third kappa shape index (κ3) is 7.01. The van der Waals surface area contributed by atoms with Crippen molar-refractivity contribution in [1.29, 1.82) is 0 Å². The molecule has 1 heterocycles. The number of ether oxygens (including phenoxy) is 2. The summed E-state index contributed by atoms with van der Waals surface area (Å²) in [5.41, 5.74) is 0.0114. The molecule has 0 amide bonds. The normalized spacial score (nSPS) is 32.6. The van der Waals surface area contributed by atoms with Gasteiger partial charge in [0.15, 0.2) is 0 Å². The average Bonchev–Trinajstić information content (AvgIpc) is 2.36. The van der Waals surface area contributed by atoms with E-state index in [1.807, 2.05) is 0 Å². The molecule has 1 aliphatic heterocycles. The molecule has 3 nitrogen and oxygen atoms in total. The fourth-order valence-electron chi connectivity index (χ4n) is 4.18. The molecule has 1 saturated carbocycles. The highest BCUT2D eigenvalue weighted by molar-refractivity contribution is 4.87. The van der Waals surface area contributed by atoms with Crippen LogP contribution in [0.25, 0.3) is 0 Å². The summed E-state index contributed by atoms with van der Waals surface area (Å²) in [6, 6.07) is 0. The number of nitrogens with zero attached hydrogens (tertiary/aromatic N) is 1. The molecule has 0 bridgehead atoms. The first-order valence-electron chi connectivity index (χ1n) is 10.1. The molecule has 0 unspecified atom stereocenters. The number of rotatable bonds is 6. The van der Waals surface area contributed by atoms with Crippen LogP contribution in [-0.4, -0.2) is 48.4 Å². The van der Waals surface area contributed by atoms with Crippen LogP contribution in [0.1, 0.15) is 74.1 Å². The van der Waals surface area contributed by atoms with Crippen LogP contribution in [0.3, 0.4) is 0 Å². The molecule has 1 saturated heterocycles. The summed E-state index contributed by atoms with van der Waals surface area (Å²) in [5, 5.41) is 0. The van der Waals surface area contributed by atoms with Crippen molar-refractivity contribution < 1.29 is 9.47 Å². The number of likely N-dealkylation sites (tertiary alicyclic amines) is 1. The molecule has 0 N–H and O–H groups in total. The Morgan fingerprint density at radius 3 is 2.21 bits per heavy atom. The lowest BCUT2D eigenvalue weighted by Gasteiger charge is -2.44. The van der Waals surface area contributed by atoms with Crippen molar-refractivity contribution >= 4 is 0 Å². The molecule has 0 radical (unpaired) electrons. The van der Waals surface area contributed by atoms with Crippen LogP contribution in [0.4, 0.5) is 0 Å². The van der Waals surface area contributed by atoms with Gasteiger partial charge in [0.1, 0.15) is 0 Å². The second-order valence-corrected chi connectivity index (χ2v) is 10.2. The van der Waals surface area contributed by atoms with E-state index in [4.69, 9.17) is 9.47 Å². The number of hydrogen-bond acceptors (Lipinski definition) is 3. The van der Waals surface area contributed by atoms with Gasteiger partial charge in [-0.1, -0.05) is 6.92 Å². The molecule has 0 spiro atoms. The number of hydrogen-bond donors (Lipinski definition) is 0. The summed E-state index contributed by atoms with van der Waals surface area (Å²) >= 11 is 0. The van der Waals surface area contributed by atoms with Gasteiger partial charge >= 0.3 is 0 Å². The Morgan fingerprint density at radius 2 is 1.67 bits per heavy atom. The van der Waals surface area contributed by atoms with E-state index in [-0.39, 0.29) is 11.2 Å². The highest BCUT2D eigenvalue weighted by atomic mass is 16.5. The van der Waals surface area contributed by atoms with Crippen LogP contribution >= 0.6 is 0 Å². The molecule has 2 aliphatic rings. The summed E-state index contributed by atoms with van der Waals surface area (Å²) in [4.78, 5) is 2.70. The third-order valence-electron chi connectivity index (χ3n) is 5.42. The largest absolute Gasteiger partial charge is 0.376 e. The highest BCUT2D eigenvalue weighted by Crippen LogP contribution is 2.35. The maximum atomic E-state index is 6.07. The molecule has 1 aliphatic carbocycles. The molecular formula is C21H41NO2. The van der Waals surface area contributed by atoms with Crippen molar-refractivity contribution in [1.82, 2.24) is 4.90 Å².